The third kappa shape index (κ3) is 4.45. The lowest BCUT2D eigenvalue weighted by molar-refractivity contribution is -0.0552. The van der Waals surface area contributed by atoms with E-state index in [1.54, 1.807) is 13.8 Å². The maximum Gasteiger partial charge on any atom is 0.523 e. The summed E-state index contributed by atoms with van der Waals surface area (Å²) in [5.41, 5.74) is -10.4. The first-order chi connectivity index (χ1) is 13.8. The zero-order valence-electron chi connectivity index (χ0n) is 17.6. The van der Waals surface area contributed by atoms with Gasteiger partial charge in [-0.1, -0.05) is 35.4 Å². The van der Waals surface area contributed by atoms with Crippen molar-refractivity contribution in [1.29, 1.82) is 0 Å². The van der Waals surface area contributed by atoms with Gasteiger partial charge < -0.3 is 0 Å². The van der Waals surface area contributed by atoms with Crippen molar-refractivity contribution in [1.82, 2.24) is 0 Å². The summed E-state index contributed by atoms with van der Waals surface area (Å²) in [5.74, 6) is 0. The van der Waals surface area contributed by atoms with Crippen LogP contribution < -0.4 is 0 Å². The maximum atomic E-state index is 14.9. The molecule has 0 radical (unpaired) electrons. The minimum atomic E-state index is -6.61. The molecule has 3 nitrogen and oxygen atoms in total. The van der Waals surface area contributed by atoms with E-state index in [-0.39, 0.29) is 22.3 Å². The lowest BCUT2D eigenvalue weighted by Gasteiger charge is -2.43. The second kappa shape index (κ2) is 8.00. The summed E-state index contributed by atoms with van der Waals surface area (Å²) < 4.78 is 113. The van der Waals surface area contributed by atoms with Gasteiger partial charge in [0.15, 0.2) is 0 Å². The first-order valence-corrected chi connectivity index (χ1v) is 11.9. The molecule has 0 aliphatic carbocycles. The highest BCUT2D eigenvalue weighted by molar-refractivity contribution is 8.33. The smallest absolute Gasteiger partial charge is 0.196 e. The van der Waals surface area contributed by atoms with E-state index in [2.05, 4.69) is 3.63 Å². The molecule has 31 heavy (non-hydrogen) atoms. The molecule has 0 spiro atoms. The van der Waals surface area contributed by atoms with Crippen LogP contribution in [0.2, 0.25) is 0 Å². The van der Waals surface area contributed by atoms with Crippen LogP contribution in [0.4, 0.5) is 26.3 Å². The van der Waals surface area contributed by atoms with Crippen LogP contribution in [0.3, 0.4) is 0 Å². The molecule has 2 aromatic carbocycles. The van der Waals surface area contributed by atoms with Gasteiger partial charge in [-0.15, -0.1) is 0 Å². The van der Waals surface area contributed by atoms with Crippen LogP contribution in [0, 0.1) is 41.5 Å². The summed E-state index contributed by atoms with van der Waals surface area (Å²) in [6.45, 7) is 8.42. The van der Waals surface area contributed by atoms with Crippen molar-refractivity contribution in [2.75, 3.05) is 0 Å². The number of hydrogen-bond acceptors (Lipinski definition) is 3. The Morgan fingerprint density at radius 1 is 0.613 bits per heavy atom. The first-order valence-electron chi connectivity index (χ1n) is 8.93. The average Bonchev–Trinajstić information content (AvgIpc) is 2.49. The summed E-state index contributed by atoms with van der Waals surface area (Å²) in [6, 6.07) is 5.44. The van der Waals surface area contributed by atoms with Gasteiger partial charge >= 0.3 is 21.1 Å². The van der Waals surface area contributed by atoms with Crippen molar-refractivity contribution in [3.63, 3.8) is 0 Å². The van der Waals surface area contributed by atoms with Crippen LogP contribution >= 0.6 is 10.3 Å². The molecular formula is C20H22F6O3S2. The van der Waals surface area contributed by atoms with Crippen LogP contribution in [0.5, 0.6) is 0 Å². The number of halogens is 6. The molecule has 0 N–H and O–H groups in total. The molecule has 0 fully saturated rings. The Labute approximate surface area is 179 Å². The van der Waals surface area contributed by atoms with Crippen molar-refractivity contribution in [3.8, 4) is 0 Å². The van der Waals surface area contributed by atoms with E-state index in [4.69, 9.17) is 0 Å². The predicted octanol–water partition coefficient (Wildman–Crippen LogP) is 7.06. The minimum Gasteiger partial charge on any atom is -0.196 e. The number of benzene rings is 2. The van der Waals surface area contributed by atoms with Crippen molar-refractivity contribution in [3.05, 3.63) is 57.6 Å². The van der Waals surface area contributed by atoms with Crippen molar-refractivity contribution >= 4 is 20.4 Å². The number of alkyl halides is 6. The molecule has 2 rings (SSSR count). The van der Waals surface area contributed by atoms with E-state index in [1.165, 1.54) is 52.0 Å². The molecule has 11 heteroatoms. The molecule has 0 saturated carbocycles. The number of aryl methyl sites for hydroxylation is 6. The predicted molar refractivity (Wildman–Crippen MR) is 108 cm³/mol. The molecule has 0 amide bonds. The normalized spacial score (nSPS) is 14.1. The summed E-state index contributed by atoms with van der Waals surface area (Å²) >= 11 is 0. The van der Waals surface area contributed by atoms with Gasteiger partial charge in [0, 0.05) is 20.1 Å². The number of hydrogen-bond donors (Lipinski definition) is 0. The molecule has 0 aliphatic rings. The zero-order chi connectivity index (χ0) is 24.2. The molecule has 0 bridgehead atoms. The SMILES string of the molecule is Cc1cc(C)c(S(OS(=O)(=O)C(F)(F)F)(c2c(C)cc(C)cc2C)C(F)(F)F)c(C)c1. The summed E-state index contributed by atoms with van der Waals surface area (Å²) in [5, 5.41) is 0. The molecule has 0 atom stereocenters. The lowest BCUT2D eigenvalue weighted by Crippen LogP contribution is -2.34. The monoisotopic (exact) mass is 488 g/mol. The van der Waals surface area contributed by atoms with Crippen molar-refractivity contribution < 1.29 is 38.4 Å². The largest absolute Gasteiger partial charge is 0.523 e. The van der Waals surface area contributed by atoms with E-state index < -0.39 is 41.2 Å². The van der Waals surface area contributed by atoms with Gasteiger partial charge in [0.2, 0.25) is 0 Å². The minimum absolute atomic E-state index is 0.0124. The Morgan fingerprint density at radius 2 is 0.903 bits per heavy atom. The molecular weight excluding hydrogens is 466 g/mol. The molecule has 0 unspecified atom stereocenters. The fraction of sp³-hybridized carbons (Fsp3) is 0.400. The molecule has 174 valence electrons. The highest BCUT2D eigenvalue weighted by atomic mass is 32.3. The highest BCUT2D eigenvalue weighted by Gasteiger charge is 2.63. The standard InChI is InChI=1S/C20H22F6O3S2/c1-11-7-13(3)17(14(4)8-11)30(19(21,22)23,29-31(27,28)20(24,25)26)18-15(5)9-12(2)10-16(18)6/h7-10H,1-6H3. The summed E-state index contributed by atoms with van der Waals surface area (Å²) in [4.78, 5) is -1.21. The van der Waals surface area contributed by atoms with Gasteiger partial charge in [-0.2, -0.15) is 38.4 Å². The highest BCUT2D eigenvalue weighted by Crippen LogP contribution is 2.77. The molecule has 0 aliphatic heterocycles. The van der Waals surface area contributed by atoms with Gasteiger partial charge in [0.05, 0.1) is 0 Å². The third-order valence-corrected chi connectivity index (χ3v) is 9.77. The molecule has 0 saturated heterocycles. The van der Waals surface area contributed by atoms with Gasteiger partial charge in [-0.25, -0.2) is 0 Å². The van der Waals surface area contributed by atoms with Crippen LogP contribution in [0.1, 0.15) is 33.4 Å². The Hall–Kier alpha value is -1.72. The Bertz CT molecular complexity index is 1020. The van der Waals surface area contributed by atoms with Crippen molar-refractivity contribution in [2.24, 2.45) is 0 Å². The quantitative estimate of drug-likeness (QED) is 0.342. The molecule has 0 heterocycles. The van der Waals surface area contributed by atoms with E-state index in [0.29, 0.717) is 11.1 Å². The van der Waals surface area contributed by atoms with E-state index in [9.17, 15) is 34.8 Å². The van der Waals surface area contributed by atoms with E-state index in [0.717, 1.165) is 0 Å². The average molecular weight is 489 g/mol. The molecule has 2 aromatic rings. The van der Waals surface area contributed by atoms with Crippen molar-refractivity contribution in [2.45, 2.75) is 62.4 Å². The topological polar surface area (TPSA) is 43.4 Å². The van der Waals surface area contributed by atoms with E-state index in [1.807, 2.05) is 0 Å². The number of rotatable bonds is 4. The second-order valence-corrected chi connectivity index (χ2v) is 11.7. The van der Waals surface area contributed by atoms with Crippen LogP contribution in [0.15, 0.2) is 34.1 Å². The van der Waals surface area contributed by atoms with Gasteiger partial charge in [0.25, 0.3) is 0 Å². The maximum absolute atomic E-state index is 14.9. The van der Waals surface area contributed by atoms with Gasteiger partial charge in [-0.3, -0.25) is 0 Å². The lowest BCUT2D eigenvalue weighted by atomic mass is 10.1. The molecule has 0 aromatic heterocycles. The van der Waals surface area contributed by atoms with Gasteiger partial charge in [0.1, 0.15) is 0 Å². The Kier molecular flexibility index (Phi) is 6.59. The Balaban J connectivity index is 3.18. The second-order valence-electron chi connectivity index (χ2n) is 7.43. The van der Waals surface area contributed by atoms with E-state index >= 15 is 0 Å². The zero-order valence-corrected chi connectivity index (χ0v) is 19.3. The first kappa shape index (κ1) is 25.5. The third-order valence-electron chi connectivity index (χ3n) is 4.59. The fourth-order valence-electron chi connectivity index (χ4n) is 3.85. The van der Waals surface area contributed by atoms with Crippen LogP contribution in [-0.2, 0) is 13.7 Å². The fourth-order valence-corrected chi connectivity index (χ4v) is 8.81. The summed E-state index contributed by atoms with van der Waals surface area (Å²) in [7, 11) is -11.8. The van der Waals surface area contributed by atoms with Crippen LogP contribution in [-0.4, -0.2) is 19.4 Å². The Morgan fingerprint density at radius 3 is 1.13 bits per heavy atom. The van der Waals surface area contributed by atoms with Crippen LogP contribution in [0.25, 0.3) is 0 Å². The summed E-state index contributed by atoms with van der Waals surface area (Å²) in [6.07, 6.45) is 0. The van der Waals surface area contributed by atoms with Gasteiger partial charge in [-0.05, 0) is 63.8 Å².